The van der Waals surface area contributed by atoms with Gasteiger partial charge in [0, 0.05) is 37.3 Å². The van der Waals surface area contributed by atoms with Crippen molar-refractivity contribution in [3.8, 4) is 0 Å². The SMILES string of the molecule is Cn1nccc1CCNC(=O)c1nc(=O)[nH]c2ccccc12. The predicted molar refractivity (Wildman–Crippen MR) is 81.6 cm³/mol. The number of hydrogen-bond acceptors (Lipinski definition) is 4. The summed E-state index contributed by atoms with van der Waals surface area (Å²) < 4.78 is 1.76. The zero-order valence-electron chi connectivity index (χ0n) is 12.0. The van der Waals surface area contributed by atoms with E-state index in [0.29, 0.717) is 23.9 Å². The number of amides is 1. The fourth-order valence-corrected chi connectivity index (χ4v) is 2.31. The average Bonchev–Trinajstić information content (AvgIpc) is 2.91. The molecular weight excluding hydrogens is 282 g/mol. The van der Waals surface area contributed by atoms with Crippen molar-refractivity contribution in [3.63, 3.8) is 0 Å². The number of benzene rings is 1. The van der Waals surface area contributed by atoms with Crippen LogP contribution in [0.5, 0.6) is 0 Å². The molecule has 7 nitrogen and oxygen atoms in total. The number of nitrogens with one attached hydrogen (secondary N) is 2. The molecule has 0 spiro atoms. The molecule has 2 aromatic heterocycles. The van der Waals surface area contributed by atoms with Crippen LogP contribution < -0.4 is 11.0 Å². The van der Waals surface area contributed by atoms with Crippen molar-refractivity contribution >= 4 is 16.8 Å². The lowest BCUT2D eigenvalue weighted by atomic mass is 10.2. The third kappa shape index (κ3) is 2.73. The summed E-state index contributed by atoms with van der Waals surface area (Å²) in [5.74, 6) is -0.357. The molecule has 112 valence electrons. The van der Waals surface area contributed by atoms with Crippen molar-refractivity contribution in [1.29, 1.82) is 0 Å². The average molecular weight is 297 g/mol. The Morgan fingerprint density at radius 1 is 1.32 bits per heavy atom. The number of para-hydroxylation sites is 1. The number of rotatable bonds is 4. The summed E-state index contributed by atoms with van der Waals surface area (Å²) in [4.78, 5) is 30.2. The first-order valence-electron chi connectivity index (χ1n) is 6.89. The Hall–Kier alpha value is -2.96. The third-order valence-electron chi connectivity index (χ3n) is 3.44. The van der Waals surface area contributed by atoms with E-state index >= 15 is 0 Å². The van der Waals surface area contributed by atoms with Crippen LogP contribution in [0.25, 0.3) is 10.9 Å². The molecule has 2 N–H and O–H groups in total. The van der Waals surface area contributed by atoms with Crippen LogP contribution in [-0.2, 0) is 13.5 Å². The van der Waals surface area contributed by atoms with Gasteiger partial charge in [0.2, 0.25) is 0 Å². The summed E-state index contributed by atoms with van der Waals surface area (Å²) in [5, 5.41) is 7.48. The molecule has 0 aliphatic carbocycles. The molecule has 0 aliphatic rings. The van der Waals surface area contributed by atoms with Gasteiger partial charge in [-0.3, -0.25) is 9.48 Å². The van der Waals surface area contributed by atoms with Gasteiger partial charge in [-0.1, -0.05) is 18.2 Å². The van der Waals surface area contributed by atoms with Gasteiger partial charge in [-0.15, -0.1) is 0 Å². The molecule has 2 heterocycles. The van der Waals surface area contributed by atoms with E-state index in [2.05, 4.69) is 20.4 Å². The number of aryl methyl sites for hydroxylation is 1. The Labute approximate surface area is 126 Å². The minimum atomic E-state index is -0.532. The number of H-pyrrole nitrogens is 1. The highest BCUT2D eigenvalue weighted by Gasteiger charge is 2.13. The van der Waals surface area contributed by atoms with E-state index in [-0.39, 0.29) is 11.6 Å². The van der Waals surface area contributed by atoms with Gasteiger partial charge in [0.25, 0.3) is 5.91 Å². The maximum atomic E-state index is 12.3. The molecule has 7 heteroatoms. The van der Waals surface area contributed by atoms with Crippen LogP contribution in [0.15, 0.2) is 41.3 Å². The van der Waals surface area contributed by atoms with E-state index in [4.69, 9.17) is 0 Å². The number of aromatic amines is 1. The molecule has 0 saturated heterocycles. The summed E-state index contributed by atoms with van der Waals surface area (Å²) in [5.41, 5.74) is 1.23. The molecule has 3 rings (SSSR count). The van der Waals surface area contributed by atoms with Gasteiger partial charge in [-0.2, -0.15) is 10.1 Å². The monoisotopic (exact) mass is 297 g/mol. The number of carbonyl (C=O) groups is 1. The number of carbonyl (C=O) groups excluding carboxylic acids is 1. The molecule has 1 aromatic carbocycles. The third-order valence-corrected chi connectivity index (χ3v) is 3.44. The van der Waals surface area contributed by atoms with Crippen LogP contribution in [0.3, 0.4) is 0 Å². The predicted octanol–water partition coefficient (Wildman–Crippen LogP) is 0.629. The van der Waals surface area contributed by atoms with Crippen LogP contribution in [-0.4, -0.2) is 32.2 Å². The molecule has 1 amide bonds. The molecule has 0 bridgehead atoms. The van der Waals surface area contributed by atoms with E-state index in [1.54, 1.807) is 35.1 Å². The van der Waals surface area contributed by atoms with E-state index in [9.17, 15) is 9.59 Å². The summed E-state index contributed by atoms with van der Waals surface area (Å²) in [6.45, 7) is 0.446. The fraction of sp³-hybridized carbons (Fsp3) is 0.200. The van der Waals surface area contributed by atoms with Crippen molar-refractivity contribution in [3.05, 3.63) is 58.4 Å². The highest BCUT2D eigenvalue weighted by Crippen LogP contribution is 2.12. The Kier molecular flexibility index (Phi) is 3.69. The van der Waals surface area contributed by atoms with E-state index < -0.39 is 5.69 Å². The minimum Gasteiger partial charge on any atom is -0.350 e. The Morgan fingerprint density at radius 2 is 2.14 bits per heavy atom. The molecule has 0 aliphatic heterocycles. The number of aromatic nitrogens is 4. The van der Waals surface area contributed by atoms with Crippen molar-refractivity contribution in [1.82, 2.24) is 25.1 Å². The summed E-state index contributed by atoms with van der Waals surface area (Å²) in [7, 11) is 1.85. The zero-order valence-corrected chi connectivity index (χ0v) is 12.0. The van der Waals surface area contributed by atoms with Crippen molar-refractivity contribution in [2.24, 2.45) is 7.05 Å². The van der Waals surface area contributed by atoms with Gasteiger partial charge in [-0.25, -0.2) is 4.79 Å². The lowest BCUT2D eigenvalue weighted by Gasteiger charge is -2.07. The quantitative estimate of drug-likeness (QED) is 0.738. The molecule has 3 aromatic rings. The first-order chi connectivity index (χ1) is 10.6. The topological polar surface area (TPSA) is 92.7 Å². The Bertz CT molecular complexity index is 881. The Morgan fingerprint density at radius 3 is 2.91 bits per heavy atom. The second-order valence-corrected chi connectivity index (χ2v) is 4.89. The lowest BCUT2D eigenvalue weighted by Crippen LogP contribution is -2.29. The standard InChI is InChI=1S/C15H15N5O2/c1-20-10(7-9-17-20)6-8-16-14(21)13-11-4-2-3-5-12(11)18-15(22)19-13/h2-5,7,9H,6,8H2,1H3,(H,16,21)(H,18,19,22). The first kappa shape index (κ1) is 14.0. The zero-order chi connectivity index (χ0) is 15.5. The van der Waals surface area contributed by atoms with Gasteiger partial charge >= 0.3 is 5.69 Å². The molecule has 0 radical (unpaired) electrons. The second kappa shape index (κ2) is 5.80. The van der Waals surface area contributed by atoms with Crippen LogP contribution >= 0.6 is 0 Å². The molecule has 0 saturated carbocycles. The van der Waals surface area contributed by atoms with Crippen molar-refractivity contribution in [2.75, 3.05) is 6.54 Å². The molecule has 22 heavy (non-hydrogen) atoms. The fourth-order valence-electron chi connectivity index (χ4n) is 2.31. The van der Waals surface area contributed by atoms with Gasteiger partial charge in [0.1, 0.15) is 5.69 Å². The van der Waals surface area contributed by atoms with Gasteiger partial charge in [0.15, 0.2) is 0 Å². The van der Waals surface area contributed by atoms with Crippen LogP contribution in [0.4, 0.5) is 0 Å². The highest BCUT2D eigenvalue weighted by molar-refractivity contribution is 6.04. The first-order valence-corrected chi connectivity index (χ1v) is 6.89. The van der Waals surface area contributed by atoms with Crippen molar-refractivity contribution in [2.45, 2.75) is 6.42 Å². The summed E-state index contributed by atoms with van der Waals surface area (Å²) in [6.07, 6.45) is 2.37. The number of hydrogen-bond donors (Lipinski definition) is 2. The van der Waals surface area contributed by atoms with Crippen LogP contribution in [0.1, 0.15) is 16.2 Å². The molecule has 0 atom stereocenters. The Balaban J connectivity index is 1.78. The second-order valence-electron chi connectivity index (χ2n) is 4.89. The smallest absolute Gasteiger partial charge is 0.346 e. The largest absolute Gasteiger partial charge is 0.350 e. The highest BCUT2D eigenvalue weighted by atomic mass is 16.2. The van der Waals surface area contributed by atoms with Crippen LogP contribution in [0.2, 0.25) is 0 Å². The van der Waals surface area contributed by atoms with Gasteiger partial charge < -0.3 is 10.3 Å². The maximum Gasteiger partial charge on any atom is 0.346 e. The van der Waals surface area contributed by atoms with Crippen LogP contribution in [0, 0.1) is 0 Å². The van der Waals surface area contributed by atoms with Crippen molar-refractivity contribution < 1.29 is 4.79 Å². The van der Waals surface area contributed by atoms with Gasteiger partial charge in [-0.05, 0) is 12.1 Å². The number of fused-ring (bicyclic) bond motifs is 1. The number of nitrogens with zero attached hydrogens (tertiary/aromatic N) is 3. The molecule has 0 unspecified atom stereocenters. The molecule has 0 fully saturated rings. The summed E-state index contributed by atoms with van der Waals surface area (Å²) >= 11 is 0. The van der Waals surface area contributed by atoms with E-state index in [1.165, 1.54) is 0 Å². The normalized spacial score (nSPS) is 10.8. The lowest BCUT2D eigenvalue weighted by molar-refractivity contribution is 0.0950. The van der Waals surface area contributed by atoms with Gasteiger partial charge in [0.05, 0.1) is 5.52 Å². The summed E-state index contributed by atoms with van der Waals surface area (Å²) in [6, 6.07) is 8.99. The molecular formula is C15H15N5O2. The van der Waals surface area contributed by atoms with E-state index in [1.807, 2.05) is 13.1 Å². The van der Waals surface area contributed by atoms with E-state index in [0.717, 1.165) is 5.69 Å². The minimum absolute atomic E-state index is 0.143. The maximum absolute atomic E-state index is 12.3.